The first kappa shape index (κ1) is 92.0. The topological polar surface area (TPSA) is 237 Å². The fourth-order valence-electron chi connectivity index (χ4n) is 9.75. The minimum absolute atomic E-state index is 0.0760. The molecule has 3 N–H and O–H groups in total. The van der Waals surface area contributed by atoms with Crippen LogP contribution >= 0.6 is 15.6 Å². The molecule has 0 rings (SSSR count). The zero-order valence-corrected chi connectivity index (χ0v) is 62.1. The van der Waals surface area contributed by atoms with Crippen molar-refractivity contribution in [3.05, 3.63) is 97.2 Å². The highest BCUT2D eigenvalue weighted by Crippen LogP contribution is 2.45. The molecule has 17 nitrogen and oxygen atoms in total. The molecule has 96 heavy (non-hydrogen) atoms. The van der Waals surface area contributed by atoms with Crippen molar-refractivity contribution in [2.75, 3.05) is 39.6 Å². The molecule has 0 radical (unpaired) electrons. The number of unbranched alkanes of at least 4 members (excludes halogenated alkanes) is 28. The van der Waals surface area contributed by atoms with E-state index < -0.39 is 97.5 Å². The summed E-state index contributed by atoms with van der Waals surface area (Å²) >= 11 is 0. The maximum atomic E-state index is 13.1. The van der Waals surface area contributed by atoms with Gasteiger partial charge in [0.05, 0.1) is 26.4 Å². The number of rotatable bonds is 70. The highest BCUT2D eigenvalue weighted by molar-refractivity contribution is 7.47. The summed E-state index contributed by atoms with van der Waals surface area (Å²) in [5.74, 6) is -2.22. The smallest absolute Gasteiger partial charge is 0.462 e. The van der Waals surface area contributed by atoms with E-state index in [9.17, 15) is 43.2 Å². The van der Waals surface area contributed by atoms with Gasteiger partial charge < -0.3 is 33.8 Å². The Hall–Kier alpha value is -4.02. The molecule has 5 atom stereocenters. The van der Waals surface area contributed by atoms with E-state index >= 15 is 0 Å². The molecular formula is C77H134O17P2. The Morgan fingerprint density at radius 3 is 0.917 bits per heavy atom. The van der Waals surface area contributed by atoms with Crippen LogP contribution in [-0.4, -0.2) is 96.7 Å². The number of carbonyl (C=O) groups excluding carboxylic acids is 4. The van der Waals surface area contributed by atoms with E-state index in [-0.39, 0.29) is 25.7 Å². The molecule has 0 aliphatic heterocycles. The zero-order valence-electron chi connectivity index (χ0n) is 60.3. The van der Waals surface area contributed by atoms with Crippen LogP contribution in [0.25, 0.3) is 0 Å². The number of hydrogen-bond acceptors (Lipinski definition) is 15. The fourth-order valence-corrected chi connectivity index (χ4v) is 11.3. The lowest BCUT2D eigenvalue weighted by atomic mass is 10.1. The van der Waals surface area contributed by atoms with Gasteiger partial charge in [-0.2, -0.15) is 0 Å². The molecule has 0 aromatic rings. The second-order valence-electron chi connectivity index (χ2n) is 24.8. The van der Waals surface area contributed by atoms with E-state index in [0.29, 0.717) is 25.7 Å². The monoisotopic (exact) mass is 1390 g/mol. The molecule has 0 heterocycles. The molecule has 0 fully saturated rings. The van der Waals surface area contributed by atoms with Crippen molar-refractivity contribution >= 4 is 39.5 Å². The minimum Gasteiger partial charge on any atom is -0.462 e. The summed E-state index contributed by atoms with van der Waals surface area (Å²) in [5.41, 5.74) is 0. The molecule has 0 aromatic carbocycles. The van der Waals surface area contributed by atoms with E-state index in [1.165, 1.54) is 32.1 Å². The van der Waals surface area contributed by atoms with Crippen molar-refractivity contribution in [3.63, 3.8) is 0 Å². The van der Waals surface area contributed by atoms with Crippen molar-refractivity contribution in [2.24, 2.45) is 0 Å². The standard InChI is InChI=1S/C77H134O17P2/c1-5-9-13-17-21-25-29-32-34-35-37-40-43-46-50-54-58-62-75(80)88-68-73(94-77(82)64-60-56-52-48-44-38-31-27-23-19-15-11-7-3)70-92-96(85,86)90-66-71(78)65-89-95(83,84)91-69-72(93-76(81)63-59-55-51-47-41-28-24-20-16-12-8-4)67-87-74(79)61-57-53-49-45-42-39-36-33-30-26-22-18-14-10-6-2/h9,13,15,19-22,24-27,31-34,36,71-73,78H,5-8,10-12,14,16-18,23,28-30,35,37-70H2,1-4H3,(H,83,84)(H,85,86)/b13-9-,19-15-,24-20-,25-21-,26-22-,31-27-,34-32-,36-33-. The number of esters is 4. The second kappa shape index (κ2) is 69.5. The Bertz CT molecular complexity index is 2200. The maximum absolute atomic E-state index is 13.1. The van der Waals surface area contributed by atoms with Gasteiger partial charge in [-0.05, 0) is 135 Å². The van der Waals surface area contributed by atoms with Crippen LogP contribution in [0.3, 0.4) is 0 Å². The Kier molecular flexibility index (Phi) is 66.6. The first-order valence-electron chi connectivity index (χ1n) is 37.5. The number of phosphoric acid groups is 2. The van der Waals surface area contributed by atoms with E-state index in [2.05, 4.69) is 125 Å². The van der Waals surface area contributed by atoms with Crippen molar-refractivity contribution < 1.29 is 80.2 Å². The van der Waals surface area contributed by atoms with Crippen LogP contribution in [0.15, 0.2) is 97.2 Å². The van der Waals surface area contributed by atoms with E-state index in [1.54, 1.807) is 0 Å². The highest BCUT2D eigenvalue weighted by Gasteiger charge is 2.30. The van der Waals surface area contributed by atoms with Gasteiger partial charge >= 0.3 is 39.5 Å². The van der Waals surface area contributed by atoms with Gasteiger partial charge in [-0.1, -0.05) is 247 Å². The van der Waals surface area contributed by atoms with Crippen LogP contribution in [0.4, 0.5) is 0 Å². The molecule has 554 valence electrons. The predicted molar refractivity (Wildman–Crippen MR) is 390 cm³/mol. The van der Waals surface area contributed by atoms with Gasteiger partial charge in [-0.15, -0.1) is 0 Å². The second-order valence-corrected chi connectivity index (χ2v) is 27.8. The van der Waals surface area contributed by atoms with Crippen LogP contribution in [0.2, 0.25) is 0 Å². The Balaban J connectivity index is 5.33. The summed E-state index contributed by atoms with van der Waals surface area (Å²) in [5, 5.41) is 10.6. The molecule has 0 aromatic heterocycles. The Morgan fingerprint density at radius 1 is 0.302 bits per heavy atom. The molecule has 19 heteroatoms. The summed E-state index contributed by atoms with van der Waals surface area (Å²) in [6.45, 7) is 4.59. The first-order chi connectivity index (χ1) is 46.7. The maximum Gasteiger partial charge on any atom is 0.472 e. The minimum atomic E-state index is -4.98. The van der Waals surface area contributed by atoms with Gasteiger partial charge in [0, 0.05) is 25.7 Å². The van der Waals surface area contributed by atoms with Crippen LogP contribution in [-0.2, 0) is 65.4 Å². The quantitative estimate of drug-likeness (QED) is 0.0169. The third kappa shape index (κ3) is 68.5. The van der Waals surface area contributed by atoms with Crippen molar-refractivity contribution in [1.29, 1.82) is 0 Å². The lowest BCUT2D eigenvalue weighted by Crippen LogP contribution is -2.30. The normalized spacial score (nSPS) is 14.5. The summed E-state index contributed by atoms with van der Waals surface area (Å²) in [7, 11) is -9.95. The number of phosphoric ester groups is 2. The number of allylic oxidation sites excluding steroid dienone is 16. The predicted octanol–water partition coefficient (Wildman–Crippen LogP) is 21.2. The molecule has 0 saturated carbocycles. The SMILES string of the molecule is CC/C=C\C/C=C\C/C=C\CCCCCCCCCC(=O)OCC(COP(=O)(O)OCC(O)COP(=O)(O)OCC(COC(=O)CCCCCCC/C=C\C/C=C\CCCCC)OC(=O)CCCCCCC/C=C\CCCC)OC(=O)CCCCCCC/C=C\C/C=C\CCC. The van der Waals surface area contributed by atoms with Crippen LogP contribution in [0.5, 0.6) is 0 Å². The molecular weight excluding hydrogens is 1260 g/mol. The number of ether oxygens (including phenoxy) is 4. The first-order valence-corrected chi connectivity index (χ1v) is 40.5. The van der Waals surface area contributed by atoms with E-state index in [1.807, 2.05) is 0 Å². The van der Waals surface area contributed by atoms with Crippen LogP contribution < -0.4 is 0 Å². The van der Waals surface area contributed by atoms with E-state index in [4.69, 9.17) is 37.0 Å². The summed E-state index contributed by atoms with van der Waals surface area (Å²) in [4.78, 5) is 72.7. The number of hydrogen-bond donors (Lipinski definition) is 3. The lowest BCUT2D eigenvalue weighted by Gasteiger charge is -2.21. The lowest BCUT2D eigenvalue weighted by molar-refractivity contribution is -0.161. The summed E-state index contributed by atoms with van der Waals surface area (Å²) in [6.07, 6.45) is 71.2. The van der Waals surface area contributed by atoms with Gasteiger partial charge in [0.1, 0.15) is 19.3 Å². The largest absolute Gasteiger partial charge is 0.472 e. The third-order valence-electron chi connectivity index (χ3n) is 15.5. The van der Waals surface area contributed by atoms with Crippen LogP contribution in [0, 0.1) is 0 Å². The number of aliphatic hydroxyl groups is 1. The Labute approximate surface area is 582 Å². The number of carbonyl (C=O) groups is 4. The van der Waals surface area contributed by atoms with Gasteiger partial charge in [0.25, 0.3) is 0 Å². The van der Waals surface area contributed by atoms with Crippen LogP contribution in [0.1, 0.15) is 310 Å². The summed E-state index contributed by atoms with van der Waals surface area (Å²) in [6, 6.07) is 0. The van der Waals surface area contributed by atoms with E-state index in [0.717, 1.165) is 199 Å². The van der Waals surface area contributed by atoms with Gasteiger partial charge in [0.15, 0.2) is 12.2 Å². The highest BCUT2D eigenvalue weighted by atomic mass is 31.2. The average molecular weight is 1390 g/mol. The van der Waals surface area contributed by atoms with Crippen molar-refractivity contribution in [1.82, 2.24) is 0 Å². The number of aliphatic hydroxyl groups excluding tert-OH is 1. The molecule has 0 saturated heterocycles. The van der Waals surface area contributed by atoms with Crippen molar-refractivity contribution in [3.8, 4) is 0 Å². The summed E-state index contributed by atoms with van der Waals surface area (Å²) < 4.78 is 68.3. The molecule has 0 amide bonds. The van der Waals surface area contributed by atoms with Gasteiger partial charge in [-0.25, -0.2) is 9.13 Å². The van der Waals surface area contributed by atoms with Gasteiger partial charge in [0.2, 0.25) is 0 Å². The third-order valence-corrected chi connectivity index (χ3v) is 17.4. The molecule has 0 aliphatic carbocycles. The molecule has 0 bridgehead atoms. The Morgan fingerprint density at radius 2 is 0.573 bits per heavy atom. The zero-order chi connectivity index (χ0) is 70.4. The molecule has 5 unspecified atom stereocenters. The molecule has 0 aliphatic rings. The molecule has 0 spiro atoms. The fraction of sp³-hybridized carbons (Fsp3) is 0.740. The van der Waals surface area contributed by atoms with Gasteiger partial charge in [-0.3, -0.25) is 37.3 Å². The average Bonchev–Trinajstić information content (AvgIpc) is 1.17. The van der Waals surface area contributed by atoms with Crippen molar-refractivity contribution in [2.45, 2.75) is 329 Å².